The number of quaternary nitrogens is 1. The molecule has 0 spiro atoms. The molecule has 5 nitrogen and oxygen atoms in total. The number of hydrogen-bond donors (Lipinski definition) is 1. The number of likely N-dealkylation sites (N-methyl/N-ethyl adjacent to an activating group) is 1. The quantitative estimate of drug-likeness (QED) is 0.298. The summed E-state index contributed by atoms with van der Waals surface area (Å²) in [6.45, 7) is 6.41. The van der Waals surface area contributed by atoms with Crippen LogP contribution in [0, 0.1) is 0 Å². The number of phosphoric acid groups is 1. The molecule has 1 atom stereocenters. The third-order valence-corrected chi connectivity index (χ3v) is 4.54. The molecular formula is C15H35NO4P+. The largest absolute Gasteiger partial charge is 0.472 e. The van der Waals surface area contributed by atoms with E-state index < -0.39 is 7.82 Å². The lowest BCUT2D eigenvalue weighted by Gasteiger charge is -2.29. The van der Waals surface area contributed by atoms with E-state index in [0.29, 0.717) is 6.42 Å². The van der Waals surface area contributed by atoms with E-state index in [4.69, 9.17) is 9.05 Å². The highest BCUT2D eigenvalue weighted by molar-refractivity contribution is 7.47. The fourth-order valence-corrected chi connectivity index (χ4v) is 2.88. The van der Waals surface area contributed by atoms with Crippen LogP contribution in [0.4, 0.5) is 0 Å². The maximum atomic E-state index is 11.5. The predicted molar refractivity (Wildman–Crippen MR) is 87.2 cm³/mol. The van der Waals surface area contributed by atoms with E-state index in [1.54, 1.807) is 0 Å². The SMILES string of the molecule is CCCCCCCC[N+](C)(C)CCOP(=O)(O)OCCC. The van der Waals surface area contributed by atoms with Crippen LogP contribution >= 0.6 is 7.82 Å². The highest BCUT2D eigenvalue weighted by Crippen LogP contribution is 2.43. The normalized spacial score (nSPS) is 15.1. The minimum absolute atomic E-state index is 0.250. The van der Waals surface area contributed by atoms with Crippen LogP contribution in [-0.2, 0) is 13.6 Å². The number of phosphoric ester groups is 1. The molecule has 0 aromatic carbocycles. The van der Waals surface area contributed by atoms with Gasteiger partial charge in [-0.15, -0.1) is 0 Å². The summed E-state index contributed by atoms with van der Waals surface area (Å²) in [7, 11) is 0.410. The standard InChI is InChI=1S/C15H34NO4P/c1-5-7-8-9-10-11-12-16(3,4)13-15-20-21(17,18)19-14-6-2/h5-15H2,1-4H3/p+1. The van der Waals surface area contributed by atoms with Crippen molar-refractivity contribution in [3.05, 3.63) is 0 Å². The Kier molecular flexibility index (Phi) is 11.7. The van der Waals surface area contributed by atoms with Crippen molar-refractivity contribution in [1.82, 2.24) is 0 Å². The van der Waals surface area contributed by atoms with Gasteiger partial charge >= 0.3 is 7.82 Å². The number of hydrogen-bond acceptors (Lipinski definition) is 3. The van der Waals surface area contributed by atoms with Gasteiger partial charge in [0, 0.05) is 0 Å². The van der Waals surface area contributed by atoms with Gasteiger partial charge in [-0.3, -0.25) is 9.05 Å². The molecule has 0 aliphatic carbocycles. The second-order valence-corrected chi connectivity index (χ2v) is 7.74. The van der Waals surface area contributed by atoms with Crippen molar-refractivity contribution >= 4 is 7.82 Å². The van der Waals surface area contributed by atoms with Crippen molar-refractivity contribution in [1.29, 1.82) is 0 Å². The molecule has 0 saturated heterocycles. The molecule has 0 aliphatic heterocycles. The van der Waals surface area contributed by atoms with Crippen LogP contribution in [0.5, 0.6) is 0 Å². The van der Waals surface area contributed by atoms with Crippen molar-refractivity contribution < 1.29 is 23.0 Å². The van der Waals surface area contributed by atoms with Crippen molar-refractivity contribution in [3.63, 3.8) is 0 Å². The number of nitrogens with zero attached hydrogens (tertiary/aromatic N) is 1. The van der Waals surface area contributed by atoms with Crippen LogP contribution in [0.25, 0.3) is 0 Å². The minimum Gasteiger partial charge on any atom is -0.327 e. The molecule has 21 heavy (non-hydrogen) atoms. The highest BCUT2D eigenvalue weighted by atomic mass is 31.2. The Labute approximate surface area is 130 Å². The summed E-state index contributed by atoms with van der Waals surface area (Å²) >= 11 is 0. The lowest BCUT2D eigenvalue weighted by atomic mass is 10.1. The van der Waals surface area contributed by atoms with Crippen LogP contribution in [0.1, 0.15) is 58.8 Å². The Morgan fingerprint density at radius 1 is 0.857 bits per heavy atom. The van der Waals surface area contributed by atoms with Gasteiger partial charge in [-0.05, 0) is 19.3 Å². The van der Waals surface area contributed by atoms with Crippen molar-refractivity contribution in [2.75, 3.05) is 40.4 Å². The Morgan fingerprint density at radius 3 is 2.05 bits per heavy atom. The molecule has 1 N–H and O–H groups in total. The zero-order valence-electron chi connectivity index (χ0n) is 14.3. The summed E-state index contributed by atoms with van der Waals surface area (Å²) < 4.78 is 22.1. The first-order valence-electron chi connectivity index (χ1n) is 8.27. The van der Waals surface area contributed by atoms with Gasteiger partial charge in [0.1, 0.15) is 13.2 Å². The second kappa shape index (κ2) is 11.6. The summed E-state index contributed by atoms with van der Waals surface area (Å²) in [5.74, 6) is 0. The van der Waals surface area contributed by atoms with Crippen molar-refractivity contribution in [2.45, 2.75) is 58.8 Å². The third kappa shape index (κ3) is 13.5. The summed E-state index contributed by atoms with van der Waals surface area (Å²) in [6.07, 6.45) is 8.40. The van der Waals surface area contributed by atoms with Crippen molar-refractivity contribution in [3.8, 4) is 0 Å². The average Bonchev–Trinajstić information content (AvgIpc) is 2.40. The molecule has 0 fully saturated rings. The molecule has 6 heteroatoms. The van der Waals surface area contributed by atoms with Crippen LogP contribution in [-0.4, -0.2) is 49.8 Å². The molecule has 0 heterocycles. The Morgan fingerprint density at radius 2 is 1.43 bits per heavy atom. The lowest BCUT2D eigenvalue weighted by molar-refractivity contribution is -0.890. The maximum absolute atomic E-state index is 11.5. The second-order valence-electron chi connectivity index (χ2n) is 6.29. The first kappa shape index (κ1) is 21.1. The molecule has 0 bridgehead atoms. The summed E-state index contributed by atoms with van der Waals surface area (Å²) in [6, 6.07) is 0. The predicted octanol–water partition coefficient (Wildman–Crippen LogP) is 3.97. The molecule has 128 valence electrons. The molecule has 0 aliphatic rings. The van der Waals surface area contributed by atoms with Gasteiger partial charge in [0.05, 0.1) is 27.2 Å². The Bertz CT molecular complexity index is 297. The van der Waals surface area contributed by atoms with E-state index in [0.717, 1.165) is 17.6 Å². The van der Waals surface area contributed by atoms with Crippen molar-refractivity contribution in [2.24, 2.45) is 0 Å². The van der Waals surface area contributed by atoms with Crippen LogP contribution in [0.3, 0.4) is 0 Å². The molecular weight excluding hydrogens is 289 g/mol. The number of unbranched alkanes of at least 4 members (excludes halogenated alkanes) is 5. The van der Waals surface area contributed by atoms with E-state index in [1.807, 2.05) is 6.92 Å². The summed E-state index contributed by atoms with van der Waals surface area (Å²) in [4.78, 5) is 9.44. The fraction of sp³-hybridized carbons (Fsp3) is 1.00. The van der Waals surface area contributed by atoms with Gasteiger partial charge in [0.15, 0.2) is 0 Å². The van der Waals surface area contributed by atoms with Gasteiger partial charge in [0.25, 0.3) is 0 Å². The molecule has 0 saturated carbocycles. The molecule has 0 radical (unpaired) electrons. The number of rotatable bonds is 14. The van der Waals surface area contributed by atoms with E-state index in [9.17, 15) is 9.46 Å². The van der Waals surface area contributed by atoms with E-state index in [1.165, 1.54) is 38.5 Å². The van der Waals surface area contributed by atoms with E-state index in [-0.39, 0.29) is 13.2 Å². The monoisotopic (exact) mass is 324 g/mol. The van der Waals surface area contributed by atoms with E-state index >= 15 is 0 Å². The zero-order chi connectivity index (χ0) is 16.2. The summed E-state index contributed by atoms with van der Waals surface area (Å²) in [5, 5.41) is 0. The van der Waals surface area contributed by atoms with Crippen LogP contribution < -0.4 is 0 Å². The topological polar surface area (TPSA) is 55.8 Å². The van der Waals surface area contributed by atoms with Gasteiger partial charge in [-0.25, -0.2) is 4.57 Å². The van der Waals surface area contributed by atoms with Crippen LogP contribution in [0.2, 0.25) is 0 Å². The summed E-state index contributed by atoms with van der Waals surface area (Å²) in [5.41, 5.74) is 0. The maximum Gasteiger partial charge on any atom is 0.472 e. The van der Waals surface area contributed by atoms with Crippen LogP contribution in [0.15, 0.2) is 0 Å². The van der Waals surface area contributed by atoms with Gasteiger partial charge in [-0.1, -0.05) is 39.5 Å². The Hall–Kier alpha value is 0.0700. The smallest absolute Gasteiger partial charge is 0.327 e. The van der Waals surface area contributed by atoms with Gasteiger partial charge < -0.3 is 9.38 Å². The minimum atomic E-state index is -3.85. The van der Waals surface area contributed by atoms with E-state index in [2.05, 4.69) is 21.0 Å². The molecule has 0 aromatic heterocycles. The highest BCUT2D eigenvalue weighted by Gasteiger charge is 2.23. The van der Waals surface area contributed by atoms with Gasteiger partial charge in [-0.2, -0.15) is 0 Å². The first-order valence-corrected chi connectivity index (χ1v) is 9.76. The fourth-order valence-electron chi connectivity index (χ4n) is 2.08. The molecule has 0 aromatic rings. The molecule has 0 rings (SSSR count). The first-order chi connectivity index (χ1) is 9.83. The van der Waals surface area contributed by atoms with Gasteiger partial charge in [0.2, 0.25) is 0 Å². The zero-order valence-corrected chi connectivity index (χ0v) is 15.2. The molecule has 1 unspecified atom stereocenters. The Balaban J connectivity index is 3.74. The third-order valence-electron chi connectivity index (χ3n) is 3.53. The average molecular weight is 324 g/mol. The lowest BCUT2D eigenvalue weighted by Crippen LogP contribution is -2.42. The molecule has 0 amide bonds.